The molecule has 2 N–H and O–H groups in total. The fraction of sp³-hybridized carbons (Fsp3) is 0.231. The largest absolute Gasteiger partial charge is 0.367 e. The van der Waals surface area contributed by atoms with Crippen molar-refractivity contribution in [3.63, 3.8) is 0 Å². The quantitative estimate of drug-likeness (QED) is 0.646. The molecule has 0 amide bonds. The molecule has 0 bridgehead atoms. The lowest BCUT2D eigenvalue weighted by molar-refractivity contribution is 0.0949. The van der Waals surface area contributed by atoms with Crippen molar-refractivity contribution >= 4 is 17.2 Å². The third-order valence-electron chi connectivity index (χ3n) is 5.89. The van der Waals surface area contributed by atoms with Crippen LogP contribution >= 0.6 is 0 Å². The second kappa shape index (κ2) is 8.44. The zero-order valence-corrected chi connectivity index (χ0v) is 18.0. The van der Waals surface area contributed by atoms with Crippen LogP contribution in [0.2, 0.25) is 0 Å². The number of nitrogens with zero attached hydrogens (tertiary/aromatic N) is 2. The summed E-state index contributed by atoms with van der Waals surface area (Å²) in [6, 6.07) is 18.9. The zero-order valence-electron chi connectivity index (χ0n) is 18.0. The van der Waals surface area contributed by atoms with Crippen LogP contribution in [0.1, 0.15) is 32.6 Å². The number of anilines is 1. The highest BCUT2D eigenvalue weighted by molar-refractivity contribution is 6.16. The Kier molecular flexibility index (Phi) is 5.70. The fourth-order valence-electron chi connectivity index (χ4n) is 4.00. The number of Topliss-reactive ketones (excluding diaryl/α,β-unsaturated/α-hetero) is 1. The van der Waals surface area contributed by atoms with Gasteiger partial charge in [-0.3, -0.25) is 9.79 Å². The molecular weight excluding hydrogens is 389 g/mol. The molecule has 5 heteroatoms. The number of likely N-dealkylation sites (N-methyl/N-ethyl adjacent to an activating group) is 1. The van der Waals surface area contributed by atoms with E-state index in [1.807, 2.05) is 57.3 Å². The lowest BCUT2D eigenvalue weighted by Crippen LogP contribution is -2.52. The Hall–Kier alpha value is -3.31. The average Bonchev–Trinajstić information content (AvgIpc) is 2.90. The Morgan fingerprint density at radius 2 is 1.68 bits per heavy atom. The monoisotopic (exact) mass is 415 g/mol. The summed E-state index contributed by atoms with van der Waals surface area (Å²) < 4.78 is 13.5. The van der Waals surface area contributed by atoms with Crippen LogP contribution in [0.5, 0.6) is 0 Å². The second-order valence-electron chi connectivity index (χ2n) is 8.15. The number of aliphatic imine (C=N–C) groups is 1. The molecule has 158 valence electrons. The maximum Gasteiger partial charge on any atom is 0.181 e. The molecule has 0 radical (unpaired) electrons. The van der Waals surface area contributed by atoms with Gasteiger partial charge in [0.2, 0.25) is 0 Å². The minimum atomic E-state index is -0.739. The summed E-state index contributed by atoms with van der Waals surface area (Å²) >= 11 is 0. The maximum atomic E-state index is 13.5. The number of hydrogen-bond donors (Lipinski definition) is 1. The topological polar surface area (TPSA) is 58.7 Å². The summed E-state index contributed by atoms with van der Waals surface area (Å²) in [5.41, 5.74) is 12.8. The number of hydrogen-bond acceptors (Lipinski definition) is 4. The van der Waals surface area contributed by atoms with Gasteiger partial charge in [-0.05, 0) is 49.7 Å². The second-order valence-corrected chi connectivity index (χ2v) is 8.15. The van der Waals surface area contributed by atoms with Crippen LogP contribution < -0.4 is 10.6 Å². The van der Waals surface area contributed by atoms with Gasteiger partial charge in [-0.1, -0.05) is 42.0 Å². The van der Waals surface area contributed by atoms with Gasteiger partial charge in [0.15, 0.2) is 5.78 Å². The summed E-state index contributed by atoms with van der Waals surface area (Å²) in [6.45, 7) is 4.37. The molecule has 31 heavy (non-hydrogen) atoms. The molecule has 0 aliphatic carbocycles. The van der Waals surface area contributed by atoms with E-state index < -0.39 is 6.04 Å². The number of halogens is 1. The van der Waals surface area contributed by atoms with E-state index in [-0.39, 0.29) is 17.6 Å². The predicted octanol–water partition coefficient (Wildman–Crippen LogP) is 4.31. The van der Waals surface area contributed by atoms with Gasteiger partial charge < -0.3 is 10.6 Å². The first-order chi connectivity index (χ1) is 14.8. The Morgan fingerprint density at radius 3 is 2.35 bits per heavy atom. The molecule has 1 heterocycles. The van der Waals surface area contributed by atoms with Gasteiger partial charge in [0, 0.05) is 29.4 Å². The van der Waals surface area contributed by atoms with Crippen LogP contribution in [0.4, 0.5) is 10.1 Å². The van der Waals surface area contributed by atoms with Crippen LogP contribution in [0, 0.1) is 19.7 Å². The van der Waals surface area contributed by atoms with Gasteiger partial charge in [-0.2, -0.15) is 0 Å². The molecule has 0 saturated carbocycles. The fourth-order valence-corrected chi connectivity index (χ4v) is 4.00. The summed E-state index contributed by atoms with van der Waals surface area (Å²) in [7, 11) is 1.95. The number of rotatable bonds is 4. The number of nitrogens with two attached hydrogens (primary N) is 1. The van der Waals surface area contributed by atoms with Gasteiger partial charge in [0.25, 0.3) is 0 Å². The van der Waals surface area contributed by atoms with Crippen molar-refractivity contribution in [3.05, 3.63) is 100 Å². The molecule has 4 nitrogen and oxygen atoms in total. The highest BCUT2D eigenvalue weighted by Crippen LogP contribution is 2.30. The smallest absolute Gasteiger partial charge is 0.181 e. The molecule has 2 atom stereocenters. The highest BCUT2D eigenvalue weighted by atomic mass is 19.1. The third kappa shape index (κ3) is 4.14. The number of benzene rings is 3. The average molecular weight is 416 g/mol. The Balaban J connectivity index is 1.75. The van der Waals surface area contributed by atoms with Crippen LogP contribution in [-0.4, -0.2) is 37.2 Å². The zero-order chi connectivity index (χ0) is 22.1. The van der Waals surface area contributed by atoms with Crippen molar-refractivity contribution in [2.24, 2.45) is 10.7 Å². The molecule has 4 rings (SSSR count). The van der Waals surface area contributed by atoms with E-state index in [4.69, 9.17) is 10.7 Å². The normalized spacial score (nSPS) is 16.9. The van der Waals surface area contributed by atoms with Crippen LogP contribution in [-0.2, 0) is 0 Å². The minimum absolute atomic E-state index is 0.105. The first kappa shape index (κ1) is 20.9. The Bertz CT molecular complexity index is 1140. The number of carbonyl (C=O) groups is 1. The van der Waals surface area contributed by atoms with Gasteiger partial charge in [0.05, 0.1) is 24.3 Å². The number of benzodiazepines with no additional fused rings is 1. The van der Waals surface area contributed by atoms with Crippen LogP contribution in [0.15, 0.2) is 71.7 Å². The van der Waals surface area contributed by atoms with Crippen molar-refractivity contribution < 1.29 is 9.18 Å². The molecule has 0 aromatic heterocycles. The van der Waals surface area contributed by atoms with Crippen molar-refractivity contribution in [1.29, 1.82) is 0 Å². The van der Waals surface area contributed by atoms with Crippen LogP contribution in [0.3, 0.4) is 0 Å². The Labute approximate surface area is 182 Å². The van der Waals surface area contributed by atoms with Crippen molar-refractivity contribution in [1.82, 2.24) is 0 Å². The first-order valence-electron chi connectivity index (χ1n) is 10.4. The van der Waals surface area contributed by atoms with E-state index in [0.29, 0.717) is 12.1 Å². The van der Waals surface area contributed by atoms with Crippen molar-refractivity contribution in [2.45, 2.75) is 25.9 Å². The predicted molar refractivity (Wildman–Crippen MR) is 124 cm³/mol. The SMILES string of the molecule is Cc1ccc(C(=O)C(N)C2CN=C(c3ccc(F)cc3)c3ccc(C)cc3N2C)cc1. The minimum Gasteiger partial charge on any atom is -0.367 e. The molecule has 3 aromatic carbocycles. The molecule has 2 unspecified atom stereocenters. The molecule has 0 spiro atoms. The summed E-state index contributed by atoms with van der Waals surface area (Å²) in [5.74, 6) is -0.394. The van der Waals surface area contributed by atoms with E-state index in [9.17, 15) is 9.18 Å². The van der Waals surface area contributed by atoms with E-state index in [1.54, 1.807) is 12.1 Å². The standard InChI is InChI=1S/C26H26FN3O/c1-16-4-7-19(8-5-16)26(31)24(28)23-15-29-25(18-9-11-20(27)12-10-18)21-13-6-17(2)14-22(21)30(23)3/h4-14,23-24H,15,28H2,1-3H3. The van der Waals surface area contributed by atoms with E-state index >= 15 is 0 Å². The van der Waals surface area contributed by atoms with Gasteiger partial charge in [-0.25, -0.2) is 4.39 Å². The van der Waals surface area contributed by atoms with Gasteiger partial charge in [-0.15, -0.1) is 0 Å². The van der Waals surface area contributed by atoms with E-state index in [1.165, 1.54) is 12.1 Å². The number of ketones is 1. The van der Waals surface area contributed by atoms with Crippen molar-refractivity contribution in [2.75, 3.05) is 18.5 Å². The van der Waals surface area contributed by atoms with Crippen LogP contribution in [0.25, 0.3) is 0 Å². The molecular formula is C26H26FN3O. The number of aryl methyl sites for hydroxylation is 2. The first-order valence-corrected chi connectivity index (χ1v) is 10.4. The van der Waals surface area contributed by atoms with Gasteiger partial charge in [0.1, 0.15) is 5.82 Å². The molecule has 1 aliphatic heterocycles. The lowest BCUT2D eigenvalue weighted by Gasteiger charge is -2.32. The molecule has 0 fully saturated rings. The van der Waals surface area contributed by atoms with E-state index in [0.717, 1.165) is 33.7 Å². The Morgan fingerprint density at radius 1 is 1.03 bits per heavy atom. The summed E-state index contributed by atoms with van der Waals surface area (Å²) in [4.78, 5) is 20.1. The summed E-state index contributed by atoms with van der Waals surface area (Å²) in [6.07, 6.45) is 0. The van der Waals surface area contributed by atoms with Crippen molar-refractivity contribution in [3.8, 4) is 0 Å². The van der Waals surface area contributed by atoms with Gasteiger partial charge >= 0.3 is 0 Å². The third-order valence-corrected chi connectivity index (χ3v) is 5.89. The number of fused-ring (bicyclic) bond motifs is 1. The lowest BCUT2D eigenvalue weighted by atomic mass is 9.96. The molecule has 0 saturated heterocycles. The summed E-state index contributed by atoms with van der Waals surface area (Å²) in [5, 5.41) is 0. The highest BCUT2D eigenvalue weighted by Gasteiger charge is 2.32. The molecule has 3 aromatic rings. The van der Waals surface area contributed by atoms with E-state index in [2.05, 4.69) is 11.0 Å². The number of carbonyl (C=O) groups excluding carboxylic acids is 1. The maximum absolute atomic E-state index is 13.5. The molecule has 1 aliphatic rings.